The van der Waals surface area contributed by atoms with Crippen LogP contribution in [-0.4, -0.2) is 48.2 Å². The molecule has 2 aromatic carbocycles. The zero-order valence-corrected chi connectivity index (χ0v) is 15.1. The van der Waals surface area contributed by atoms with Gasteiger partial charge in [-0.05, 0) is 48.5 Å². The highest BCUT2D eigenvalue weighted by molar-refractivity contribution is 6.18. The first-order valence-corrected chi connectivity index (χ1v) is 8.72. The molecule has 148 valence electrons. The Kier molecular flexibility index (Phi) is 7.77. The lowest BCUT2D eigenvalue weighted by Crippen LogP contribution is -2.19. The first kappa shape index (κ1) is 21.3. The fourth-order valence-electron chi connectivity index (χ4n) is 2.16. The molecule has 0 aliphatic rings. The van der Waals surface area contributed by atoms with E-state index in [-0.39, 0.29) is 36.0 Å². The third kappa shape index (κ3) is 6.02. The lowest BCUT2D eigenvalue weighted by Gasteiger charge is -2.18. The van der Waals surface area contributed by atoms with E-state index in [1.165, 1.54) is 48.5 Å². The molecule has 0 heterocycles. The van der Waals surface area contributed by atoms with Gasteiger partial charge in [-0.1, -0.05) is 0 Å². The van der Waals surface area contributed by atoms with Crippen molar-refractivity contribution in [3.63, 3.8) is 0 Å². The van der Waals surface area contributed by atoms with Crippen LogP contribution in [0.2, 0.25) is 0 Å². The zero-order chi connectivity index (χ0) is 19.9. The molecular formula is C19H20ClF3O4. The molecule has 0 aromatic heterocycles. The molecule has 0 spiro atoms. The minimum atomic E-state index is -3.24. The largest absolute Gasteiger partial charge is 0.491 e. The molecule has 0 amide bonds. The van der Waals surface area contributed by atoms with E-state index in [0.29, 0.717) is 5.75 Å². The van der Waals surface area contributed by atoms with Crippen LogP contribution in [0.4, 0.5) is 13.2 Å². The minimum Gasteiger partial charge on any atom is -0.491 e. The quantitative estimate of drug-likeness (QED) is 0.595. The summed E-state index contributed by atoms with van der Waals surface area (Å²) in [4.78, 5) is 0. The summed E-state index contributed by atoms with van der Waals surface area (Å²) in [6.07, 6.45) is -2.09. The Labute approximate surface area is 160 Å². The summed E-state index contributed by atoms with van der Waals surface area (Å²) in [7, 11) is 0. The molecule has 0 aliphatic heterocycles. The second kappa shape index (κ2) is 9.82. The van der Waals surface area contributed by atoms with E-state index in [1.54, 1.807) is 0 Å². The highest BCUT2D eigenvalue weighted by Gasteiger charge is 2.33. The summed E-state index contributed by atoms with van der Waals surface area (Å²) >= 11 is 5.46. The maximum atomic E-state index is 14.7. The molecular weight excluding hydrogens is 385 g/mol. The van der Waals surface area contributed by atoms with E-state index in [9.17, 15) is 18.3 Å². The standard InChI is InChI=1S/C19H20ClF3O4/c20-9-15(24)11-26-17-5-1-13(2-6-17)19(22,23)14-3-7-18(8-4-14)27-12-16(25)10-21/h1-8,15-16,24-25H,9-12H2/t15-,16+/m1/s1. The fraction of sp³-hybridized carbons (Fsp3) is 0.368. The van der Waals surface area contributed by atoms with Gasteiger partial charge in [0.1, 0.15) is 43.6 Å². The Bertz CT molecular complexity index is 636. The minimum absolute atomic E-state index is 0.0165. The summed E-state index contributed by atoms with van der Waals surface area (Å²) in [5.41, 5.74) is -0.471. The van der Waals surface area contributed by atoms with Gasteiger partial charge in [-0.2, -0.15) is 8.78 Å². The number of halogens is 4. The highest BCUT2D eigenvalue weighted by atomic mass is 35.5. The van der Waals surface area contributed by atoms with Gasteiger partial charge in [0.25, 0.3) is 5.92 Å². The number of aliphatic hydroxyl groups excluding tert-OH is 2. The third-order valence-electron chi connectivity index (χ3n) is 3.67. The molecule has 0 unspecified atom stereocenters. The molecule has 2 rings (SSSR count). The summed E-state index contributed by atoms with van der Waals surface area (Å²) in [5, 5.41) is 18.4. The normalized spacial score (nSPS) is 13.9. The van der Waals surface area contributed by atoms with Gasteiger partial charge in [0.05, 0.1) is 5.88 Å². The topological polar surface area (TPSA) is 58.9 Å². The molecule has 0 radical (unpaired) electrons. The highest BCUT2D eigenvalue weighted by Crippen LogP contribution is 2.37. The third-order valence-corrected chi connectivity index (χ3v) is 4.03. The van der Waals surface area contributed by atoms with Crippen LogP contribution in [-0.2, 0) is 5.92 Å². The number of benzene rings is 2. The van der Waals surface area contributed by atoms with Crippen molar-refractivity contribution in [2.45, 2.75) is 18.1 Å². The molecule has 4 nitrogen and oxygen atoms in total. The van der Waals surface area contributed by atoms with E-state index >= 15 is 0 Å². The van der Waals surface area contributed by atoms with Crippen LogP contribution in [0, 0.1) is 0 Å². The average Bonchev–Trinajstić information content (AvgIpc) is 2.70. The number of ether oxygens (including phenoxy) is 2. The molecule has 27 heavy (non-hydrogen) atoms. The van der Waals surface area contributed by atoms with Crippen LogP contribution in [0.3, 0.4) is 0 Å². The summed E-state index contributed by atoms with van der Waals surface area (Å²) in [5.74, 6) is -2.63. The molecule has 0 aliphatic carbocycles. The van der Waals surface area contributed by atoms with E-state index in [1.807, 2.05) is 0 Å². The summed E-state index contributed by atoms with van der Waals surface area (Å²) in [6, 6.07) is 10.3. The van der Waals surface area contributed by atoms with Crippen molar-refractivity contribution in [2.24, 2.45) is 0 Å². The lowest BCUT2D eigenvalue weighted by atomic mass is 10.0. The monoisotopic (exact) mass is 404 g/mol. The lowest BCUT2D eigenvalue weighted by molar-refractivity contribution is 0.0425. The number of aliphatic hydroxyl groups is 2. The SMILES string of the molecule is O[C@H](CCl)COc1ccc(C(F)(F)c2ccc(OC[C@@H](O)CF)cc2)cc1. The predicted molar refractivity (Wildman–Crippen MR) is 95.6 cm³/mol. The van der Waals surface area contributed by atoms with Gasteiger partial charge in [0.15, 0.2) is 0 Å². The summed E-state index contributed by atoms with van der Waals surface area (Å²) < 4.78 is 51.9. The molecule has 0 saturated carbocycles. The van der Waals surface area contributed by atoms with Gasteiger partial charge in [-0.3, -0.25) is 0 Å². The van der Waals surface area contributed by atoms with Crippen LogP contribution < -0.4 is 9.47 Å². The van der Waals surface area contributed by atoms with Crippen molar-refractivity contribution in [2.75, 3.05) is 25.8 Å². The Morgan fingerprint density at radius 1 is 0.815 bits per heavy atom. The van der Waals surface area contributed by atoms with Gasteiger partial charge < -0.3 is 19.7 Å². The Balaban J connectivity index is 2.04. The molecule has 2 atom stereocenters. The van der Waals surface area contributed by atoms with Crippen LogP contribution in [0.1, 0.15) is 11.1 Å². The van der Waals surface area contributed by atoms with E-state index in [2.05, 4.69) is 0 Å². The van der Waals surface area contributed by atoms with Crippen LogP contribution in [0.15, 0.2) is 48.5 Å². The number of rotatable bonds is 10. The zero-order valence-electron chi connectivity index (χ0n) is 14.3. The van der Waals surface area contributed by atoms with Crippen LogP contribution in [0.5, 0.6) is 11.5 Å². The van der Waals surface area contributed by atoms with Gasteiger partial charge >= 0.3 is 0 Å². The second-order valence-corrected chi connectivity index (χ2v) is 6.17. The molecule has 2 N–H and O–H groups in total. The molecule has 0 fully saturated rings. The average molecular weight is 405 g/mol. The van der Waals surface area contributed by atoms with Gasteiger partial charge in [-0.15, -0.1) is 11.6 Å². The van der Waals surface area contributed by atoms with Gasteiger partial charge in [0, 0.05) is 11.1 Å². The Morgan fingerprint density at radius 2 is 1.22 bits per heavy atom. The molecule has 0 saturated heterocycles. The Hall–Kier alpha value is -1.96. The Morgan fingerprint density at radius 3 is 1.59 bits per heavy atom. The number of hydrogen-bond acceptors (Lipinski definition) is 4. The van der Waals surface area contributed by atoms with Crippen molar-refractivity contribution in [3.8, 4) is 11.5 Å². The maximum Gasteiger partial charge on any atom is 0.298 e. The number of hydrogen-bond donors (Lipinski definition) is 2. The van der Waals surface area contributed by atoms with Gasteiger partial charge in [-0.25, -0.2) is 4.39 Å². The first-order chi connectivity index (χ1) is 12.9. The summed E-state index contributed by atoms with van der Waals surface area (Å²) in [6.45, 7) is -1.23. The van der Waals surface area contributed by atoms with Crippen molar-refractivity contribution < 1.29 is 32.9 Å². The first-order valence-electron chi connectivity index (χ1n) is 8.19. The fourth-order valence-corrected chi connectivity index (χ4v) is 2.25. The molecule has 8 heteroatoms. The maximum absolute atomic E-state index is 14.7. The van der Waals surface area contributed by atoms with Crippen LogP contribution in [0.25, 0.3) is 0 Å². The second-order valence-electron chi connectivity index (χ2n) is 5.86. The van der Waals surface area contributed by atoms with Crippen LogP contribution >= 0.6 is 11.6 Å². The van der Waals surface area contributed by atoms with E-state index < -0.39 is 24.8 Å². The van der Waals surface area contributed by atoms with Crippen molar-refractivity contribution in [1.29, 1.82) is 0 Å². The predicted octanol–water partition coefficient (Wildman–Crippen LogP) is 3.51. The van der Waals surface area contributed by atoms with E-state index in [0.717, 1.165) is 0 Å². The smallest absolute Gasteiger partial charge is 0.298 e. The molecule has 2 aromatic rings. The van der Waals surface area contributed by atoms with Crippen molar-refractivity contribution in [3.05, 3.63) is 59.7 Å². The van der Waals surface area contributed by atoms with Crippen molar-refractivity contribution >= 4 is 11.6 Å². The van der Waals surface area contributed by atoms with Crippen molar-refractivity contribution in [1.82, 2.24) is 0 Å². The number of alkyl halides is 4. The molecule has 0 bridgehead atoms. The van der Waals surface area contributed by atoms with E-state index in [4.69, 9.17) is 26.2 Å². The van der Waals surface area contributed by atoms with Gasteiger partial charge in [0.2, 0.25) is 0 Å².